The maximum Gasteiger partial charge on any atom is 0.170 e. The molecule has 0 aliphatic carbocycles. The van der Waals surface area contributed by atoms with Gasteiger partial charge >= 0.3 is 0 Å². The van der Waals surface area contributed by atoms with Gasteiger partial charge in [-0.2, -0.15) is 0 Å². The lowest BCUT2D eigenvalue weighted by Crippen LogP contribution is -2.15. The Bertz CT molecular complexity index is 777. The summed E-state index contributed by atoms with van der Waals surface area (Å²) in [6.07, 6.45) is 0.690. The molecule has 0 amide bonds. The van der Waals surface area contributed by atoms with Crippen molar-refractivity contribution in [2.24, 2.45) is 0 Å². The van der Waals surface area contributed by atoms with E-state index in [4.69, 9.17) is 4.74 Å². The first-order valence-corrected chi connectivity index (χ1v) is 8.05. The lowest BCUT2D eigenvalue weighted by molar-refractivity contribution is 0.0959. The average molecular weight is 316 g/mol. The Balaban J connectivity index is 1.92. The second-order valence-corrected chi connectivity index (χ2v) is 5.75. The highest BCUT2D eigenvalue weighted by Crippen LogP contribution is 2.26. The minimum absolute atomic E-state index is 0.132. The highest BCUT2D eigenvalue weighted by molar-refractivity contribution is 6.01. The van der Waals surface area contributed by atoms with E-state index in [1.807, 2.05) is 72.8 Å². The monoisotopic (exact) mass is 316 g/mol. The van der Waals surface area contributed by atoms with Gasteiger partial charge in [-0.05, 0) is 41.8 Å². The summed E-state index contributed by atoms with van der Waals surface area (Å²) >= 11 is 0. The molecule has 0 radical (unpaired) electrons. The topological polar surface area (TPSA) is 26.3 Å². The first-order chi connectivity index (χ1) is 11.8. The lowest BCUT2D eigenvalue weighted by atomic mass is 9.85. The van der Waals surface area contributed by atoms with Gasteiger partial charge in [-0.25, -0.2) is 0 Å². The van der Waals surface area contributed by atoms with Crippen molar-refractivity contribution in [3.05, 3.63) is 102 Å². The third-order valence-corrected chi connectivity index (χ3v) is 4.18. The van der Waals surface area contributed by atoms with Crippen molar-refractivity contribution >= 4 is 5.78 Å². The fourth-order valence-electron chi connectivity index (χ4n) is 2.85. The number of benzene rings is 3. The summed E-state index contributed by atoms with van der Waals surface area (Å²) < 4.78 is 5.18. The molecule has 0 N–H and O–H groups in total. The number of carbonyl (C=O) groups is 1. The first-order valence-electron chi connectivity index (χ1n) is 8.05. The summed E-state index contributed by atoms with van der Waals surface area (Å²) in [5.41, 5.74) is 2.91. The SMILES string of the molecule is COc1ccc(C(=O)[C@H](Cc2ccccc2)c2ccccc2)cc1. The molecule has 2 nitrogen and oxygen atoms in total. The molecule has 0 aromatic heterocycles. The minimum atomic E-state index is -0.193. The van der Waals surface area contributed by atoms with E-state index in [0.29, 0.717) is 12.0 Å². The van der Waals surface area contributed by atoms with Crippen LogP contribution in [-0.4, -0.2) is 12.9 Å². The number of rotatable bonds is 6. The molecular weight excluding hydrogens is 296 g/mol. The fraction of sp³-hybridized carbons (Fsp3) is 0.136. The van der Waals surface area contributed by atoms with Crippen molar-refractivity contribution in [1.29, 1.82) is 0 Å². The lowest BCUT2D eigenvalue weighted by Gasteiger charge is -2.17. The summed E-state index contributed by atoms with van der Waals surface area (Å²) in [6.45, 7) is 0. The van der Waals surface area contributed by atoms with Gasteiger partial charge in [-0.1, -0.05) is 60.7 Å². The summed E-state index contributed by atoms with van der Waals surface area (Å²) in [5, 5.41) is 0. The van der Waals surface area contributed by atoms with Gasteiger partial charge in [0.05, 0.1) is 13.0 Å². The van der Waals surface area contributed by atoms with Crippen molar-refractivity contribution in [3.8, 4) is 5.75 Å². The largest absolute Gasteiger partial charge is 0.497 e. The summed E-state index contributed by atoms with van der Waals surface area (Å²) in [4.78, 5) is 13.1. The Morgan fingerprint density at radius 1 is 0.833 bits per heavy atom. The molecule has 0 aliphatic rings. The van der Waals surface area contributed by atoms with Crippen molar-refractivity contribution in [3.63, 3.8) is 0 Å². The van der Waals surface area contributed by atoms with Gasteiger partial charge in [0.15, 0.2) is 5.78 Å². The maximum atomic E-state index is 13.1. The smallest absolute Gasteiger partial charge is 0.170 e. The number of hydrogen-bond donors (Lipinski definition) is 0. The maximum absolute atomic E-state index is 13.1. The quantitative estimate of drug-likeness (QED) is 0.604. The van der Waals surface area contributed by atoms with E-state index in [0.717, 1.165) is 16.9 Å². The summed E-state index contributed by atoms with van der Waals surface area (Å²) in [7, 11) is 1.62. The van der Waals surface area contributed by atoms with E-state index in [1.54, 1.807) is 7.11 Å². The molecular formula is C22H20O2. The zero-order valence-electron chi connectivity index (χ0n) is 13.7. The van der Waals surface area contributed by atoms with Crippen LogP contribution in [0.2, 0.25) is 0 Å². The second-order valence-electron chi connectivity index (χ2n) is 5.75. The normalized spacial score (nSPS) is 11.7. The van der Waals surface area contributed by atoms with Gasteiger partial charge in [0.1, 0.15) is 5.75 Å². The van der Waals surface area contributed by atoms with Crippen molar-refractivity contribution in [1.82, 2.24) is 0 Å². The first kappa shape index (κ1) is 16.0. The molecule has 120 valence electrons. The van der Waals surface area contributed by atoms with Crippen LogP contribution in [0.4, 0.5) is 0 Å². The number of hydrogen-bond acceptors (Lipinski definition) is 2. The molecule has 0 heterocycles. The number of carbonyl (C=O) groups excluding carboxylic acids is 1. The van der Waals surface area contributed by atoms with Gasteiger partial charge < -0.3 is 4.74 Å². The number of ketones is 1. The van der Waals surface area contributed by atoms with Gasteiger partial charge in [-0.15, -0.1) is 0 Å². The highest BCUT2D eigenvalue weighted by Gasteiger charge is 2.22. The van der Waals surface area contributed by atoms with Crippen LogP contribution in [0.1, 0.15) is 27.4 Å². The fourth-order valence-corrected chi connectivity index (χ4v) is 2.85. The number of ether oxygens (including phenoxy) is 1. The Kier molecular flexibility index (Phi) is 5.07. The van der Waals surface area contributed by atoms with Gasteiger partial charge in [0.2, 0.25) is 0 Å². The van der Waals surface area contributed by atoms with Gasteiger partial charge in [0.25, 0.3) is 0 Å². The third kappa shape index (κ3) is 3.72. The molecule has 3 aromatic carbocycles. The summed E-state index contributed by atoms with van der Waals surface area (Å²) in [6, 6.07) is 27.5. The Morgan fingerprint density at radius 3 is 2.00 bits per heavy atom. The number of Topliss-reactive ketones (excluding diaryl/α,β-unsaturated/α-hetero) is 1. The molecule has 0 fully saturated rings. The van der Waals surface area contributed by atoms with Crippen LogP contribution in [0, 0.1) is 0 Å². The molecule has 0 unspecified atom stereocenters. The van der Waals surface area contributed by atoms with Crippen LogP contribution in [-0.2, 0) is 6.42 Å². The average Bonchev–Trinajstić information content (AvgIpc) is 2.67. The van der Waals surface area contributed by atoms with E-state index in [1.165, 1.54) is 0 Å². The molecule has 3 rings (SSSR count). The standard InChI is InChI=1S/C22H20O2/c1-24-20-14-12-19(13-15-20)22(23)21(18-10-6-3-7-11-18)16-17-8-4-2-5-9-17/h2-15,21H,16H2,1H3/t21-/m1/s1. The molecule has 0 saturated carbocycles. The second kappa shape index (κ2) is 7.60. The van der Waals surface area contributed by atoms with E-state index in [-0.39, 0.29) is 11.7 Å². The van der Waals surface area contributed by atoms with Crippen LogP contribution < -0.4 is 4.74 Å². The molecule has 0 aliphatic heterocycles. The molecule has 0 spiro atoms. The van der Waals surface area contributed by atoms with E-state index >= 15 is 0 Å². The van der Waals surface area contributed by atoms with Crippen LogP contribution in [0.25, 0.3) is 0 Å². The molecule has 0 saturated heterocycles. The minimum Gasteiger partial charge on any atom is -0.497 e. The Hall–Kier alpha value is -2.87. The highest BCUT2D eigenvalue weighted by atomic mass is 16.5. The Morgan fingerprint density at radius 2 is 1.42 bits per heavy atom. The molecule has 3 aromatic rings. The number of methoxy groups -OCH3 is 1. The molecule has 1 atom stereocenters. The van der Waals surface area contributed by atoms with Crippen molar-refractivity contribution in [2.45, 2.75) is 12.3 Å². The third-order valence-electron chi connectivity index (χ3n) is 4.18. The molecule has 24 heavy (non-hydrogen) atoms. The van der Waals surface area contributed by atoms with Crippen molar-refractivity contribution < 1.29 is 9.53 Å². The van der Waals surface area contributed by atoms with Crippen LogP contribution in [0.15, 0.2) is 84.9 Å². The predicted molar refractivity (Wildman–Crippen MR) is 96.7 cm³/mol. The molecule has 2 heteroatoms. The van der Waals surface area contributed by atoms with Crippen molar-refractivity contribution in [2.75, 3.05) is 7.11 Å². The zero-order chi connectivity index (χ0) is 16.8. The van der Waals surface area contributed by atoms with E-state index < -0.39 is 0 Å². The van der Waals surface area contributed by atoms with Crippen LogP contribution in [0.3, 0.4) is 0 Å². The summed E-state index contributed by atoms with van der Waals surface area (Å²) in [5.74, 6) is 0.695. The predicted octanol–water partition coefficient (Wildman–Crippen LogP) is 4.90. The van der Waals surface area contributed by atoms with Crippen LogP contribution >= 0.6 is 0 Å². The Labute approximate surface area is 142 Å². The van der Waals surface area contributed by atoms with Crippen LogP contribution in [0.5, 0.6) is 5.75 Å². The molecule has 0 bridgehead atoms. The van der Waals surface area contributed by atoms with E-state index in [9.17, 15) is 4.79 Å². The van der Waals surface area contributed by atoms with E-state index in [2.05, 4.69) is 12.1 Å². The van der Waals surface area contributed by atoms with Gasteiger partial charge in [0, 0.05) is 5.56 Å². The van der Waals surface area contributed by atoms with Gasteiger partial charge in [-0.3, -0.25) is 4.79 Å². The zero-order valence-corrected chi connectivity index (χ0v) is 13.7.